The molecule has 0 radical (unpaired) electrons. The van der Waals surface area contributed by atoms with Crippen LogP contribution in [-0.4, -0.2) is 33.4 Å². The van der Waals surface area contributed by atoms with Crippen LogP contribution in [0, 0.1) is 6.92 Å². The molecule has 0 saturated carbocycles. The van der Waals surface area contributed by atoms with Crippen molar-refractivity contribution in [2.75, 3.05) is 5.75 Å². The van der Waals surface area contributed by atoms with Crippen LogP contribution in [0.4, 0.5) is 0 Å². The second-order valence-corrected chi connectivity index (χ2v) is 6.43. The van der Waals surface area contributed by atoms with Gasteiger partial charge in [-0.3, -0.25) is 4.79 Å². The van der Waals surface area contributed by atoms with Gasteiger partial charge in [0.05, 0.1) is 5.54 Å². The minimum atomic E-state index is -0.639. The van der Waals surface area contributed by atoms with Gasteiger partial charge in [-0.15, -0.1) is 10.2 Å². The van der Waals surface area contributed by atoms with Crippen LogP contribution in [0.3, 0.4) is 0 Å². The fraction of sp³-hybridized carbons (Fsp3) is 0.769. The Labute approximate surface area is 124 Å². The lowest BCUT2D eigenvalue weighted by atomic mass is 9.93. The van der Waals surface area contributed by atoms with E-state index in [0.29, 0.717) is 11.1 Å². The van der Waals surface area contributed by atoms with Crippen molar-refractivity contribution in [2.45, 2.75) is 63.8 Å². The highest BCUT2D eigenvalue weighted by Gasteiger charge is 2.30. The fourth-order valence-electron chi connectivity index (χ4n) is 1.98. The molecule has 0 aromatic carbocycles. The maximum atomic E-state index is 11.6. The van der Waals surface area contributed by atoms with E-state index >= 15 is 0 Å². The Morgan fingerprint density at radius 1 is 1.45 bits per heavy atom. The van der Waals surface area contributed by atoms with Crippen molar-refractivity contribution in [3.8, 4) is 0 Å². The number of carbonyl (C=O) groups excluding carboxylic acids is 1. The maximum absolute atomic E-state index is 11.6. The van der Waals surface area contributed by atoms with Crippen molar-refractivity contribution >= 4 is 17.7 Å². The number of aryl methyl sites for hydroxylation is 1. The number of hydrogen-bond acceptors (Lipinski definition) is 6. The number of nitrogens with one attached hydrogen (secondary N) is 1. The Balaban J connectivity index is 2.29. The van der Waals surface area contributed by atoms with Crippen LogP contribution in [0.5, 0.6) is 0 Å². The summed E-state index contributed by atoms with van der Waals surface area (Å²) in [5.41, 5.74) is 4.85. The first-order chi connectivity index (χ1) is 9.33. The van der Waals surface area contributed by atoms with E-state index in [4.69, 9.17) is 10.2 Å². The number of aromatic nitrogens is 2. The van der Waals surface area contributed by atoms with E-state index in [0.717, 1.165) is 25.0 Å². The van der Waals surface area contributed by atoms with Crippen LogP contribution >= 0.6 is 11.8 Å². The van der Waals surface area contributed by atoms with E-state index in [9.17, 15) is 4.79 Å². The third kappa shape index (κ3) is 5.50. The maximum Gasteiger partial charge on any atom is 0.276 e. The number of unbranched alkanes of at least 4 members (excludes halogenated alkanes) is 1. The summed E-state index contributed by atoms with van der Waals surface area (Å²) in [6, 6.07) is 0.225. The standard InChI is InChI=1S/C13H24N4O2S/c1-9(2)15-13(4,11(14)18)7-5-6-8-20-12-17-16-10(3)19-12/h9,15H,5-8H2,1-4H3,(H2,14,18). The summed E-state index contributed by atoms with van der Waals surface area (Å²) in [5, 5.41) is 11.5. The molecular formula is C13H24N4O2S. The number of nitrogens with two attached hydrogens (primary N) is 1. The molecule has 114 valence electrons. The molecule has 1 atom stereocenters. The fourth-order valence-corrected chi connectivity index (χ4v) is 2.78. The summed E-state index contributed by atoms with van der Waals surface area (Å²) in [4.78, 5) is 11.6. The summed E-state index contributed by atoms with van der Waals surface area (Å²) in [6.07, 6.45) is 2.61. The third-order valence-electron chi connectivity index (χ3n) is 2.96. The molecule has 1 amide bonds. The van der Waals surface area contributed by atoms with Gasteiger partial charge < -0.3 is 15.5 Å². The lowest BCUT2D eigenvalue weighted by molar-refractivity contribution is -0.124. The van der Waals surface area contributed by atoms with Gasteiger partial charge in [0.25, 0.3) is 5.22 Å². The predicted molar refractivity (Wildman–Crippen MR) is 79.5 cm³/mol. The van der Waals surface area contributed by atoms with E-state index < -0.39 is 5.54 Å². The quantitative estimate of drug-likeness (QED) is 0.534. The van der Waals surface area contributed by atoms with E-state index in [1.54, 1.807) is 6.92 Å². The first-order valence-electron chi connectivity index (χ1n) is 6.84. The van der Waals surface area contributed by atoms with Gasteiger partial charge in [0, 0.05) is 18.7 Å². The van der Waals surface area contributed by atoms with Crippen molar-refractivity contribution in [3.63, 3.8) is 0 Å². The Kier molecular flexibility index (Phi) is 6.48. The molecular weight excluding hydrogens is 276 g/mol. The normalized spacial score (nSPS) is 14.4. The highest BCUT2D eigenvalue weighted by Crippen LogP contribution is 2.20. The van der Waals surface area contributed by atoms with Gasteiger partial charge in [0.1, 0.15) is 0 Å². The van der Waals surface area contributed by atoms with Crippen LogP contribution in [0.2, 0.25) is 0 Å². The largest absolute Gasteiger partial charge is 0.416 e. The van der Waals surface area contributed by atoms with Crippen LogP contribution in [0.1, 0.15) is 45.9 Å². The zero-order valence-corrected chi connectivity index (χ0v) is 13.4. The number of hydrogen-bond donors (Lipinski definition) is 2. The average Bonchev–Trinajstić information content (AvgIpc) is 2.73. The lowest BCUT2D eigenvalue weighted by Gasteiger charge is -2.29. The molecule has 3 N–H and O–H groups in total. The minimum Gasteiger partial charge on any atom is -0.416 e. The zero-order valence-electron chi connectivity index (χ0n) is 12.6. The average molecular weight is 300 g/mol. The smallest absolute Gasteiger partial charge is 0.276 e. The summed E-state index contributed by atoms with van der Waals surface area (Å²) in [7, 11) is 0. The predicted octanol–water partition coefficient (Wildman–Crippen LogP) is 1.88. The topological polar surface area (TPSA) is 94.0 Å². The number of amides is 1. The number of thioether (sulfide) groups is 1. The Bertz CT molecular complexity index is 436. The molecule has 1 heterocycles. The van der Waals surface area contributed by atoms with Gasteiger partial charge in [-0.25, -0.2) is 0 Å². The van der Waals surface area contributed by atoms with E-state index in [-0.39, 0.29) is 11.9 Å². The molecule has 0 aliphatic heterocycles. The van der Waals surface area contributed by atoms with Crippen molar-refractivity contribution in [2.24, 2.45) is 5.73 Å². The van der Waals surface area contributed by atoms with Gasteiger partial charge >= 0.3 is 0 Å². The molecule has 7 heteroatoms. The number of rotatable bonds is 9. The Morgan fingerprint density at radius 2 is 2.15 bits per heavy atom. The molecule has 0 fully saturated rings. The highest BCUT2D eigenvalue weighted by molar-refractivity contribution is 7.99. The third-order valence-corrected chi connectivity index (χ3v) is 3.86. The van der Waals surface area contributed by atoms with Crippen LogP contribution in [0.15, 0.2) is 9.64 Å². The van der Waals surface area contributed by atoms with Gasteiger partial charge in [0.2, 0.25) is 11.8 Å². The van der Waals surface area contributed by atoms with Crippen molar-refractivity contribution < 1.29 is 9.21 Å². The monoisotopic (exact) mass is 300 g/mol. The van der Waals surface area contributed by atoms with Crippen LogP contribution < -0.4 is 11.1 Å². The Hall–Kier alpha value is -1.08. The second kappa shape index (κ2) is 7.64. The summed E-state index contributed by atoms with van der Waals surface area (Å²) in [5.74, 6) is 1.17. The summed E-state index contributed by atoms with van der Waals surface area (Å²) >= 11 is 1.54. The van der Waals surface area contributed by atoms with Gasteiger partial charge in [-0.2, -0.15) is 0 Å². The summed E-state index contributed by atoms with van der Waals surface area (Å²) < 4.78 is 5.28. The number of primary amides is 1. The van der Waals surface area contributed by atoms with Crippen molar-refractivity contribution in [1.29, 1.82) is 0 Å². The highest BCUT2D eigenvalue weighted by atomic mass is 32.2. The number of carbonyl (C=O) groups is 1. The molecule has 0 aliphatic rings. The molecule has 6 nitrogen and oxygen atoms in total. The second-order valence-electron chi connectivity index (χ2n) is 5.39. The zero-order chi connectivity index (χ0) is 15.2. The van der Waals surface area contributed by atoms with Crippen LogP contribution in [-0.2, 0) is 4.79 Å². The van der Waals surface area contributed by atoms with E-state index in [2.05, 4.69) is 15.5 Å². The molecule has 0 aliphatic carbocycles. The molecule has 1 unspecified atom stereocenters. The molecule has 1 aromatic rings. The summed E-state index contributed by atoms with van der Waals surface area (Å²) in [6.45, 7) is 7.65. The lowest BCUT2D eigenvalue weighted by Crippen LogP contribution is -2.55. The SMILES string of the molecule is Cc1nnc(SCCCCC(C)(NC(C)C)C(N)=O)o1. The first-order valence-corrected chi connectivity index (χ1v) is 7.82. The molecule has 20 heavy (non-hydrogen) atoms. The van der Waals surface area contributed by atoms with Crippen LogP contribution in [0.25, 0.3) is 0 Å². The number of nitrogens with zero attached hydrogens (tertiary/aromatic N) is 2. The molecule has 0 bridgehead atoms. The van der Waals surface area contributed by atoms with Gasteiger partial charge in [-0.1, -0.05) is 18.2 Å². The van der Waals surface area contributed by atoms with Crippen molar-refractivity contribution in [3.05, 3.63) is 5.89 Å². The molecule has 0 spiro atoms. The minimum absolute atomic E-state index is 0.225. The Morgan fingerprint density at radius 3 is 2.65 bits per heavy atom. The molecule has 1 rings (SSSR count). The molecule has 1 aromatic heterocycles. The van der Waals surface area contributed by atoms with E-state index in [1.807, 2.05) is 20.8 Å². The first kappa shape index (κ1) is 17.0. The molecule has 0 saturated heterocycles. The van der Waals surface area contributed by atoms with Gasteiger partial charge in [-0.05, 0) is 33.6 Å². The van der Waals surface area contributed by atoms with Gasteiger partial charge in [0.15, 0.2) is 0 Å². The van der Waals surface area contributed by atoms with Crippen molar-refractivity contribution in [1.82, 2.24) is 15.5 Å². The van der Waals surface area contributed by atoms with E-state index in [1.165, 1.54) is 11.8 Å².